The summed E-state index contributed by atoms with van der Waals surface area (Å²) in [6.45, 7) is 0.0151. The summed E-state index contributed by atoms with van der Waals surface area (Å²) in [5.41, 5.74) is 1.33. The zero-order chi connectivity index (χ0) is 26.4. The molecule has 0 saturated heterocycles. The van der Waals surface area contributed by atoms with Crippen LogP contribution in [0.25, 0.3) is 5.69 Å². The van der Waals surface area contributed by atoms with E-state index in [-0.39, 0.29) is 29.5 Å². The molecule has 0 radical (unpaired) electrons. The van der Waals surface area contributed by atoms with Crippen LogP contribution < -0.4 is 10.6 Å². The summed E-state index contributed by atoms with van der Waals surface area (Å²) in [7, 11) is 0. The van der Waals surface area contributed by atoms with Gasteiger partial charge in [-0.25, -0.2) is 4.39 Å². The molecule has 0 fully saturated rings. The standard InChI is InChI=1S/C24H18BrFN6O4S/c25-16-3-11-19(12-4-16)31-21(13-27-23(34)15-1-9-20(10-2-15)32(35)36)29-30-24(31)37-14-22(33)28-18-7-5-17(26)6-8-18/h1-12H,13-14H2,(H,27,34)(H,28,33). The number of non-ortho nitro benzene ring substituents is 1. The summed E-state index contributed by atoms with van der Waals surface area (Å²) in [4.78, 5) is 35.3. The summed E-state index contributed by atoms with van der Waals surface area (Å²) in [5.74, 6) is -0.716. The van der Waals surface area contributed by atoms with Crippen LogP contribution in [0.1, 0.15) is 16.2 Å². The highest BCUT2D eigenvalue weighted by molar-refractivity contribution is 9.10. The Kier molecular flexibility index (Phi) is 8.25. The number of nitro groups is 1. The lowest BCUT2D eigenvalue weighted by molar-refractivity contribution is -0.384. The fourth-order valence-corrected chi connectivity index (χ4v) is 4.25. The Hall–Kier alpha value is -4.10. The first-order valence-corrected chi connectivity index (χ1v) is 12.5. The number of nitrogens with zero attached hydrogens (tertiary/aromatic N) is 4. The van der Waals surface area contributed by atoms with E-state index in [0.717, 1.165) is 16.2 Å². The van der Waals surface area contributed by atoms with Crippen LogP contribution in [-0.2, 0) is 11.3 Å². The first-order chi connectivity index (χ1) is 17.8. The van der Waals surface area contributed by atoms with Crippen molar-refractivity contribution >= 4 is 50.9 Å². The maximum Gasteiger partial charge on any atom is 0.269 e. The minimum absolute atomic E-state index is 0.0151. The second-order valence-corrected chi connectivity index (χ2v) is 9.40. The number of thioether (sulfide) groups is 1. The van der Waals surface area contributed by atoms with Crippen LogP contribution in [0.4, 0.5) is 15.8 Å². The zero-order valence-electron chi connectivity index (χ0n) is 18.9. The summed E-state index contributed by atoms with van der Waals surface area (Å²) in [6.07, 6.45) is 0. The van der Waals surface area contributed by atoms with E-state index in [1.807, 2.05) is 24.3 Å². The van der Waals surface area contributed by atoms with E-state index >= 15 is 0 Å². The third-order valence-corrected chi connectivity index (χ3v) is 6.45. The molecule has 4 aromatic rings. The fraction of sp³-hybridized carbons (Fsp3) is 0.0833. The summed E-state index contributed by atoms with van der Waals surface area (Å²) in [5, 5.41) is 25.1. The number of nitro benzene ring substituents is 1. The van der Waals surface area contributed by atoms with Crippen LogP contribution in [0, 0.1) is 15.9 Å². The Labute approximate surface area is 222 Å². The highest BCUT2D eigenvalue weighted by Gasteiger charge is 2.18. The van der Waals surface area contributed by atoms with Gasteiger partial charge in [0.05, 0.1) is 17.2 Å². The predicted octanol–water partition coefficient (Wildman–Crippen LogP) is 4.74. The Morgan fingerprint density at radius 1 is 1.00 bits per heavy atom. The van der Waals surface area contributed by atoms with Crippen molar-refractivity contribution in [1.29, 1.82) is 0 Å². The Morgan fingerprint density at radius 3 is 2.32 bits per heavy atom. The SMILES string of the molecule is O=C(CSc1nnc(CNC(=O)c2ccc([N+](=O)[O-])cc2)n1-c1ccc(Br)cc1)Nc1ccc(F)cc1. The molecule has 4 rings (SSSR count). The van der Waals surface area contributed by atoms with Gasteiger partial charge in [-0.2, -0.15) is 0 Å². The number of anilines is 1. The second kappa shape index (κ2) is 11.8. The molecule has 37 heavy (non-hydrogen) atoms. The summed E-state index contributed by atoms with van der Waals surface area (Å²) in [6, 6.07) is 18.0. The quantitative estimate of drug-likeness (QED) is 0.165. The molecule has 0 aliphatic rings. The van der Waals surface area contributed by atoms with Crippen molar-refractivity contribution in [3.63, 3.8) is 0 Å². The van der Waals surface area contributed by atoms with Gasteiger partial charge in [-0.15, -0.1) is 10.2 Å². The first-order valence-electron chi connectivity index (χ1n) is 10.7. The third-order valence-electron chi connectivity index (χ3n) is 4.99. The van der Waals surface area contributed by atoms with E-state index in [2.05, 4.69) is 36.8 Å². The second-order valence-electron chi connectivity index (χ2n) is 7.54. The molecule has 0 aliphatic carbocycles. The lowest BCUT2D eigenvalue weighted by Gasteiger charge is -2.11. The maximum atomic E-state index is 13.1. The largest absolute Gasteiger partial charge is 0.345 e. The van der Waals surface area contributed by atoms with Crippen molar-refractivity contribution < 1.29 is 18.9 Å². The van der Waals surface area contributed by atoms with Crippen LogP contribution in [0.15, 0.2) is 82.4 Å². The molecule has 1 heterocycles. The van der Waals surface area contributed by atoms with Crippen molar-refractivity contribution in [2.75, 3.05) is 11.1 Å². The Morgan fingerprint density at radius 2 is 1.68 bits per heavy atom. The molecule has 0 saturated carbocycles. The van der Waals surface area contributed by atoms with Gasteiger partial charge in [0.25, 0.3) is 11.6 Å². The number of amides is 2. The monoisotopic (exact) mass is 584 g/mol. The molecular formula is C24H18BrFN6O4S. The van der Waals surface area contributed by atoms with Gasteiger partial charge < -0.3 is 10.6 Å². The van der Waals surface area contributed by atoms with Crippen LogP contribution in [0.5, 0.6) is 0 Å². The number of hydrogen-bond acceptors (Lipinski definition) is 7. The van der Waals surface area contributed by atoms with Crippen molar-refractivity contribution in [3.05, 3.63) is 105 Å². The van der Waals surface area contributed by atoms with E-state index in [9.17, 15) is 24.1 Å². The average Bonchev–Trinajstić information content (AvgIpc) is 3.30. The first kappa shape index (κ1) is 26.0. The van der Waals surface area contributed by atoms with Crippen molar-refractivity contribution in [2.45, 2.75) is 11.7 Å². The van der Waals surface area contributed by atoms with E-state index < -0.39 is 16.6 Å². The maximum absolute atomic E-state index is 13.1. The summed E-state index contributed by atoms with van der Waals surface area (Å²) >= 11 is 4.55. The molecule has 2 amide bonds. The van der Waals surface area contributed by atoms with Crippen LogP contribution in [-0.4, -0.2) is 37.3 Å². The topological polar surface area (TPSA) is 132 Å². The molecule has 0 aliphatic heterocycles. The van der Waals surface area contributed by atoms with E-state index in [0.29, 0.717) is 22.4 Å². The van der Waals surface area contributed by atoms with Gasteiger partial charge in [0.2, 0.25) is 5.91 Å². The van der Waals surface area contributed by atoms with Gasteiger partial charge in [0, 0.05) is 33.5 Å². The minimum atomic E-state index is -0.540. The van der Waals surface area contributed by atoms with Crippen molar-refractivity contribution in [2.24, 2.45) is 0 Å². The predicted molar refractivity (Wildman–Crippen MR) is 139 cm³/mol. The molecule has 3 aromatic carbocycles. The lowest BCUT2D eigenvalue weighted by Crippen LogP contribution is -2.24. The van der Waals surface area contributed by atoms with E-state index in [4.69, 9.17) is 0 Å². The summed E-state index contributed by atoms with van der Waals surface area (Å²) < 4.78 is 15.7. The van der Waals surface area contributed by atoms with Gasteiger partial charge in [-0.05, 0) is 60.7 Å². The fourth-order valence-electron chi connectivity index (χ4n) is 3.21. The molecule has 0 bridgehead atoms. The van der Waals surface area contributed by atoms with Crippen molar-refractivity contribution in [3.8, 4) is 5.69 Å². The Balaban J connectivity index is 1.48. The van der Waals surface area contributed by atoms with Gasteiger partial charge in [-0.3, -0.25) is 24.3 Å². The van der Waals surface area contributed by atoms with Gasteiger partial charge in [0.15, 0.2) is 11.0 Å². The van der Waals surface area contributed by atoms with E-state index in [1.54, 1.807) is 4.57 Å². The zero-order valence-corrected chi connectivity index (χ0v) is 21.3. The molecular weight excluding hydrogens is 567 g/mol. The molecule has 0 unspecified atom stereocenters. The smallest absolute Gasteiger partial charge is 0.269 e. The molecule has 10 nitrogen and oxygen atoms in total. The minimum Gasteiger partial charge on any atom is -0.345 e. The van der Waals surface area contributed by atoms with Gasteiger partial charge in [0.1, 0.15) is 5.82 Å². The van der Waals surface area contributed by atoms with Gasteiger partial charge in [-0.1, -0.05) is 27.7 Å². The van der Waals surface area contributed by atoms with E-state index in [1.165, 1.54) is 48.5 Å². The average molecular weight is 585 g/mol. The van der Waals surface area contributed by atoms with Crippen LogP contribution in [0.2, 0.25) is 0 Å². The third kappa shape index (κ3) is 6.77. The highest BCUT2D eigenvalue weighted by Crippen LogP contribution is 2.24. The van der Waals surface area contributed by atoms with Crippen molar-refractivity contribution in [1.82, 2.24) is 20.1 Å². The molecule has 0 spiro atoms. The Bertz CT molecular complexity index is 1430. The number of halogens is 2. The number of rotatable bonds is 9. The molecule has 1 aromatic heterocycles. The highest BCUT2D eigenvalue weighted by atomic mass is 79.9. The molecule has 13 heteroatoms. The number of carbonyl (C=O) groups is 2. The number of benzene rings is 3. The van der Waals surface area contributed by atoms with Crippen LogP contribution >= 0.6 is 27.7 Å². The molecule has 188 valence electrons. The van der Waals surface area contributed by atoms with Crippen LogP contribution in [0.3, 0.4) is 0 Å². The number of carbonyl (C=O) groups excluding carboxylic acids is 2. The molecule has 2 N–H and O–H groups in total. The number of hydrogen-bond donors (Lipinski definition) is 2. The van der Waals surface area contributed by atoms with Gasteiger partial charge >= 0.3 is 0 Å². The molecule has 0 atom stereocenters. The normalized spacial score (nSPS) is 10.6. The lowest BCUT2D eigenvalue weighted by atomic mass is 10.2. The number of aromatic nitrogens is 3. The number of nitrogens with one attached hydrogen (secondary N) is 2.